The summed E-state index contributed by atoms with van der Waals surface area (Å²) in [5.74, 6) is 1.23. The lowest BCUT2D eigenvalue weighted by molar-refractivity contribution is 0.278. The number of hydrogen-bond donors (Lipinski definition) is 2. The molecule has 92 valence electrons. The van der Waals surface area contributed by atoms with E-state index in [2.05, 4.69) is 16.8 Å². The Hall–Kier alpha value is -1.07. The van der Waals surface area contributed by atoms with E-state index in [1.807, 2.05) is 23.9 Å². The largest absolute Gasteiger partial charge is 0.382 e. The van der Waals surface area contributed by atoms with E-state index < -0.39 is 0 Å². The summed E-state index contributed by atoms with van der Waals surface area (Å²) in [6.07, 6.45) is 1.69. The summed E-state index contributed by atoms with van der Waals surface area (Å²) < 4.78 is 0. The Morgan fingerprint density at radius 1 is 1.71 bits per heavy atom. The number of aromatic nitrogens is 1. The molecule has 0 radical (unpaired) electrons. The molecule has 1 aromatic rings. The van der Waals surface area contributed by atoms with Crippen molar-refractivity contribution in [2.24, 2.45) is 5.73 Å². The van der Waals surface area contributed by atoms with Gasteiger partial charge in [0.25, 0.3) is 0 Å². The average molecular weight is 250 g/mol. The van der Waals surface area contributed by atoms with Gasteiger partial charge in [0.2, 0.25) is 0 Å². The van der Waals surface area contributed by atoms with Crippen LogP contribution in [-0.2, 0) is 6.54 Å². The first kappa shape index (κ1) is 12.4. The number of thioether (sulfide) groups is 1. The smallest absolute Gasteiger partial charge is 0.142 e. The van der Waals surface area contributed by atoms with Gasteiger partial charge < -0.3 is 5.73 Å². The number of nitrogens with one attached hydrogen (secondary N) is 1. The van der Waals surface area contributed by atoms with Gasteiger partial charge in [-0.05, 0) is 11.6 Å². The summed E-state index contributed by atoms with van der Waals surface area (Å²) >= 11 is 2.02. The van der Waals surface area contributed by atoms with E-state index in [1.54, 1.807) is 6.20 Å². The van der Waals surface area contributed by atoms with Crippen molar-refractivity contribution < 1.29 is 0 Å². The maximum Gasteiger partial charge on any atom is 0.142 e. The first-order chi connectivity index (χ1) is 8.16. The minimum atomic E-state index is 0.0556. The van der Waals surface area contributed by atoms with Crippen LogP contribution < -0.4 is 5.73 Å². The molecule has 0 amide bonds. The van der Waals surface area contributed by atoms with Crippen molar-refractivity contribution in [1.82, 2.24) is 9.88 Å². The first-order valence-corrected chi connectivity index (χ1v) is 6.84. The molecule has 1 aliphatic heterocycles. The molecule has 2 heterocycles. The highest BCUT2D eigenvalue weighted by Crippen LogP contribution is 2.20. The van der Waals surface area contributed by atoms with Crippen LogP contribution >= 0.6 is 11.8 Å². The van der Waals surface area contributed by atoms with E-state index in [4.69, 9.17) is 11.1 Å². The normalized spacial score (nSPS) is 21.4. The fraction of sp³-hybridized carbons (Fsp3) is 0.500. The molecule has 1 saturated heterocycles. The molecule has 0 aliphatic carbocycles. The summed E-state index contributed by atoms with van der Waals surface area (Å²) in [5, 5.41) is 8.21. The van der Waals surface area contributed by atoms with Gasteiger partial charge >= 0.3 is 0 Å². The molecule has 2 rings (SSSR count). The van der Waals surface area contributed by atoms with E-state index in [-0.39, 0.29) is 5.84 Å². The molecule has 5 heteroatoms. The lowest BCUT2D eigenvalue weighted by Crippen LogP contribution is -2.36. The van der Waals surface area contributed by atoms with Crippen LogP contribution in [0.1, 0.15) is 18.2 Å². The highest BCUT2D eigenvalue weighted by atomic mass is 32.2. The van der Waals surface area contributed by atoms with Crippen molar-refractivity contribution in [3.05, 3.63) is 29.6 Å². The Bertz CT molecular complexity index is 407. The van der Waals surface area contributed by atoms with Gasteiger partial charge in [0.05, 0.1) is 0 Å². The summed E-state index contributed by atoms with van der Waals surface area (Å²) in [6.45, 7) is 5.29. The van der Waals surface area contributed by atoms with Crippen molar-refractivity contribution in [3.63, 3.8) is 0 Å². The van der Waals surface area contributed by atoms with E-state index in [0.29, 0.717) is 10.9 Å². The van der Waals surface area contributed by atoms with Crippen LogP contribution in [0.3, 0.4) is 0 Å². The number of hydrogen-bond acceptors (Lipinski definition) is 4. The topological polar surface area (TPSA) is 66.0 Å². The van der Waals surface area contributed by atoms with Crippen molar-refractivity contribution in [1.29, 1.82) is 5.41 Å². The van der Waals surface area contributed by atoms with E-state index in [1.165, 1.54) is 5.75 Å². The zero-order valence-corrected chi connectivity index (χ0v) is 10.8. The fourth-order valence-corrected chi connectivity index (χ4v) is 3.17. The zero-order chi connectivity index (χ0) is 12.3. The summed E-state index contributed by atoms with van der Waals surface area (Å²) in [6, 6.07) is 3.92. The maximum atomic E-state index is 7.53. The van der Waals surface area contributed by atoms with Crippen LogP contribution in [0.2, 0.25) is 0 Å². The first-order valence-electron chi connectivity index (χ1n) is 5.79. The van der Waals surface area contributed by atoms with Crippen molar-refractivity contribution in [2.75, 3.05) is 18.8 Å². The van der Waals surface area contributed by atoms with Crippen LogP contribution in [0.15, 0.2) is 18.3 Å². The third-order valence-corrected chi connectivity index (χ3v) is 4.00. The molecule has 1 unspecified atom stereocenters. The third kappa shape index (κ3) is 3.20. The molecular formula is C12H18N4S. The summed E-state index contributed by atoms with van der Waals surface area (Å²) in [4.78, 5) is 6.59. The third-order valence-electron chi connectivity index (χ3n) is 2.87. The number of rotatable bonds is 3. The fourth-order valence-electron chi connectivity index (χ4n) is 2.08. The highest BCUT2D eigenvalue weighted by Gasteiger charge is 2.18. The second-order valence-corrected chi connectivity index (χ2v) is 5.89. The molecule has 0 spiro atoms. The Kier molecular flexibility index (Phi) is 4.02. The maximum absolute atomic E-state index is 7.53. The van der Waals surface area contributed by atoms with Crippen LogP contribution in [0.25, 0.3) is 0 Å². The predicted molar refractivity (Wildman–Crippen MR) is 72.5 cm³/mol. The number of nitrogens with zero attached hydrogens (tertiary/aromatic N) is 2. The van der Waals surface area contributed by atoms with Gasteiger partial charge in [-0.1, -0.05) is 13.0 Å². The Balaban J connectivity index is 2.10. The number of pyridine rings is 1. The van der Waals surface area contributed by atoms with Crippen LogP contribution in [-0.4, -0.2) is 39.8 Å². The Morgan fingerprint density at radius 2 is 2.53 bits per heavy atom. The Morgan fingerprint density at radius 3 is 3.24 bits per heavy atom. The van der Waals surface area contributed by atoms with Crippen molar-refractivity contribution in [3.8, 4) is 0 Å². The van der Waals surface area contributed by atoms with Gasteiger partial charge in [0.1, 0.15) is 11.5 Å². The van der Waals surface area contributed by atoms with E-state index >= 15 is 0 Å². The van der Waals surface area contributed by atoms with Gasteiger partial charge in [-0.2, -0.15) is 11.8 Å². The lowest BCUT2D eigenvalue weighted by atomic mass is 10.1. The van der Waals surface area contributed by atoms with Crippen LogP contribution in [0.5, 0.6) is 0 Å². The quantitative estimate of drug-likeness (QED) is 0.627. The number of nitrogens with two attached hydrogens (primary N) is 1. The van der Waals surface area contributed by atoms with Gasteiger partial charge in [-0.25, -0.2) is 0 Å². The highest BCUT2D eigenvalue weighted by molar-refractivity contribution is 7.99. The van der Waals surface area contributed by atoms with Crippen molar-refractivity contribution in [2.45, 2.75) is 18.7 Å². The molecular weight excluding hydrogens is 232 g/mol. The molecule has 1 fully saturated rings. The molecule has 3 N–H and O–H groups in total. The standard InChI is InChI=1S/C12H18N4S/c1-9-7-16(5-6-17-9)8-10-3-2-4-15-11(10)12(13)14/h2-4,9H,5-8H2,1H3,(H3,13,14). The SMILES string of the molecule is CC1CN(Cc2cccnc2C(=N)N)CCS1. The zero-order valence-electron chi connectivity index (χ0n) is 10.0. The Labute approximate surface area is 106 Å². The molecule has 4 nitrogen and oxygen atoms in total. The van der Waals surface area contributed by atoms with Gasteiger partial charge in [0, 0.05) is 36.8 Å². The van der Waals surface area contributed by atoms with Crippen LogP contribution in [0.4, 0.5) is 0 Å². The van der Waals surface area contributed by atoms with Gasteiger partial charge in [-0.3, -0.25) is 15.3 Å². The number of amidine groups is 1. The molecule has 1 aliphatic rings. The molecule has 0 saturated carbocycles. The molecule has 0 bridgehead atoms. The molecule has 0 aromatic carbocycles. The van der Waals surface area contributed by atoms with Gasteiger partial charge in [0.15, 0.2) is 0 Å². The summed E-state index contributed by atoms with van der Waals surface area (Å²) in [7, 11) is 0. The van der Waals surface area contributed by atoms with E-state index in [9.17, 15) is 0 Å². The van der Waals surface area contributed by atoms with Gasteiger partial charge in [-0.15, -0.1) is 0 Å². The molecule has 1 atom stereocenters. The molecule has 1 aromatic heterocycles. The van der Waals surface area contributed by atoms with Crippen LogP contribution in [0, 0.1) is 5.41 Å². The second-order valence-electron chi connectivity index (χ2n) is 4.34. The predicted octanol–water partition coefficient (Wildman–Crippen LogP) is 1.30. The van der Waals surface area contributed by atoms with Crippen molar-refractivity contribution >= 4 is 17.6 Å². The summed E-state index contributed by atoms with van der Waals surface area (Å²) in [5.41, 5.74) is 7.22. The monoisotopic (exact) mass is 250 g/mol. The minimum Gasteiger partial charge on any atom is -0.382 e. The second kappa shape index (κ2) is 5.51. The minimum absolute atomic E-state index is 0.0556. The van der Waals surface area contributed by atoms with E-state index in [0.717, 1.165) is 25.2 Å². The lowest BCUT2D eigenvalue weighted by Gasteiger charge is -2.30. The number of nitrogen functional groups attached to an aromatic ring is 1. The average Bonchev–Trinajstić information content (AvgIpc) is 2.29. The molecule has 17 heavy (non-hydrogen) atoms.